The third kappa shape index (κ3) is 2.17. The maximum atomic E-state index is 5.65. The molecule has 5 heterocycles. The van der Waals surface area contributed by atoms with Crippen molar-refractivity contribution in [3.8, 4) is 0 Å². The summed E-state index contributed by atoms with van der Waals surface area (Å²) < 4.78 is 5.65. The number of ether oxygens (including phenoxy) is 1. The number of nitrogens with one attached hydrogen (secondary N) is 2. The molecule has 2 bridgehead atoms. The molecule has 2 saturated heterocycles. The van der Waals surface area contributed by atoms with Crippen LogP contribution in [0.1, 0.15) is 28.8 Å². The average molecular weight is 348 g/mol. The normalized spacial score (nSPS) is 25.0. The van der Waals surface area contributed by atoms with Gasteiger partial charge in [0.1, 0.15) is 5.82 Å². The molecule has 4 aliphatic rings. The van der Waals surface area contributed by atoms with Crippen molar-refractivity contribution < 1.29 is 4.74 Å². The smallest absolute Gasteiger partial charge is 0.228 e. The number of fused-ring (bicyclic) bond motifs is 4. The second-order valence-corrected chi connectivity index (χ2v) is 7.41. The quantitative estimate of drug-likeness (QED) is 0.880. The number of nitrogens with zero attached hydrogens (tertiary/aromatic N) is 4. The molecule has 4 aliphatic heterocycles. The van der Waals surface area contributed by atoms with E-state index in [0.717, 1.165) is 48.3 Å². The first-order chi connectivity index (χ1) is 12.8. The molecule has 7 heteroatoms. The first-order valence-corrected chi connectivity index (χ1v) is 9.21. The van der Waals surface area contributed by atoms with E-state index in [1.807, 2.05) is 6.21 Å². The molecule has 26 heavy (non-hydrogen) atoms. The fraction of sp³-hybridized carbons (Fsp3) is 0.421. The van der Waals surface area contributed by atoms with Gasteiger partial charge >= 0.3 is 0 Å². The van der Waals surface area contributed by atoms with E-state index in [1.165, 1.54) is 17.5 Å². The number of rotatable bonds is 3. The summed E-state index contributed by atoms with van der Waals surface area (Å²) in [6.07, 6.45) is 3.17. The van der Waals surface area contributed by atoms with Crippen molar-refractivity contribution in [3.63, 3.8) is 0 Å². The Morgan fingerprint density at radius 3 is 2.96 bits per heavy atom. The van der Waals surface area contributed by atoms with Gasteiger partial charge in [0.25, 0.3) is 0 Å². The van der Waals surface area contributed by atoms with Gasteiger partial charge in [-0.15, -0.1) is 0 Å². The van der Waals surface area contributed by atoms with Crippen molar-refractivity contribution in [2.24, 2.45) is 4.99 Å². The zero-order valence-electron chi connectivity index (χ0n) is 14.4. The Bertz CT molecular complexity index is 912. The van der Waals surface area contributed by atoms with Crippen LogP contribution in [0.2, 0.25) is 0 Å². The fourth-order valence-electron chi connectivity index (χ4n) is 4.38. The third-order valence-corrected chi connectivity index (χ3v) is 5.79. The monoisotopic (exact) mass is 348 g/mol. The van der Waals surface area contributed by atoms with E-state index < -0.39 is 0 Å². The van der Waals surface area contributed by atoms with E-state index in [-0.39, 0.29) is 0 Å². The maximum absolute atomic E-state index is 5.65. The van der Waals surface area contributed by atoms with Crippen LogP contribution in [0.25, 0.3) is 0 Å². The number of hydrogen-bond donors (Lipinski definition) is 2. The molecule has 7 nitrogen and oxygen atoms in total. The van der Waals surface area contributed by atoms with Gasteiger partial charge in [0, 0.05) is 42.6 Å². The van der Waals surface area contributed by atoms with Crippen LogP contribution in [0, 0.1) is 0 Å². The summed E-state index contributed by atoms with van der Waals surface area (Å²) in [6.45, 7) is 3.94. The van der Waals surface area contributed by atoms with Crippen LogP contribution >= 0.6 is 0 Å². The van der Waals surface area contributed by atoms with Crippen LogP contribution in [0.3, 0.4) is 0 Å². The topological polar surface area (TPSA) is 74.7 Å². The van der Waals surface area contributed by atoms with Crippen molar-refractivity contribution in [2.45, 2.75) is 38.3 Å². The van der Waals surface area contributed by atoms with Crippen LogP contribution in [0.4, 0.5) is 17.5 Å². The van der Waals surface area contributed by atoms with Gasteiger partial charge in [0.05, 0.1) is 25.5 Å². The van der Waals surface area contributed by atoms with E-state index in [2.05, 4.69) is 38.7 Å². The average Bonchev–Trinajstić information content (AvgIpc) is 3.31. The third-order valence-electron chi connectivity index (χ3n) is 5.79. The Kier molecular flexibility index (Phi) is 3.09. The number of piperazine rings is 1. The summed E-state index contributed by atoms with van der Waals surface area (Å²) in [4.78, 5) is 16.4. The molecule has 2 unspecified atom stereocenters. The lowest BCUT2D eigenvalue weighted by atomic mass is 9.89. The molecule has 6 rings (SSSR count). The van der Waals surface area contributed by atoms with E-state index in [9.17, 15) is 0 Å². The summed E-state index contributed by atoms with van der Waals surface area (Å²) in [5.41, 5.74) is 5.57. The highest BCUT2D eigenvalue weighted by atomic mass is 16.5. The second kappa shape index (κ2) is 5.49. The van der Waals surface area contributed by atoms with Gasteiger partial charge in [0.2, 0.25) is 5.95 Å². The zero-order valence-corrected chi connectivity index (χ0v) is 14.4. The zero-order chi connectivity index (χ0) is 17.1. The van der Waals surface area contributed by atoms with Crippen LogP contribution in [0.5, 0.6) is 0 Å². The Labute approximate surface area is 151 Å². The molecule has 0 aliphatic carbocycles. The minimum Gasteiger partial charge on any atom is -0.370 e. The molecule has 0 radical (unpaired) electrons. The van der Waals surface area contributed by atoms with Crippen molar-refractivity contribution >= 4 is 23.7 Å². The lowest BCUT2D eigenvalue weighted by molar-refractivity contribution is 0.133. The number of anilines is 3. The summed E-state index contributed by atoms with van der Waals surface area (Å²) >= 11 is 0. The number of benzene rings is 1. The lowest BCUT2D eigenvalue weighted by Crippen LogP contribution is -2.68. The first kappa shape index (κ1) is 14.6. The molecule has 2 atom stereocenters. The molecule has 0 spiro atoms. The van der Waals surface area contributed by atoms with Crippen molar-refractivity contribution in [1.29, 1.82) is 0 Å². The van der Waals surface area contributed by atoms with Crippen molar-refractivity contribution in [2.75, 3.05) is 23.3 Å². The molecule has 132 valence electrons. The summed E-state index contributed by atoms with van der Waals surface area (Å²) in [5.74, 6) is 1.71. The molecule has 0 amide bonds. The largest absolute Gasteiger partial charge is 0.370 e. The summed E-state index contributed by atoms with van der Waals surface area (Å²) in [7, 11) is 0. The van der Waals surface area contributed by atoms with Gasteiger partial charge in [-0.2, -0.15) is 4.98 Å². The standard InChI is InChI=1S/C19H20N6O/c1-2-13(3-12-6-20-5-11(1)12)22-18-16-9-26-10-17(16)23-19(24-18)25-14-4-15(25)8-21-7-14/h1-3,6,14-15,21H,4-5,7-10H2,(H,22,23,24). The molecule has 0 saturated carbocycles. The van der Waals surface area contributed by atoms with E-state index in [1.54, 1.807) is 0 Å². The highest BCUT2D eigenvalue weighted by molar-refractivity contribution is 5.86. The maximum Gasteiger partial charge on any atom is 0.228 e. The van der Waals surface area contributed by atoms with Gasteiger partial charge in [-0.05, 0) is 29.7 Å². The Morgan fingerprint density at radius 2 is 2.08 bits per heavy atom. The van der Waals surface area contributed by atoms with Gasteiger partial charge in [-0.1, -0.05) is 6.07 Å². The predicted octanol–water partition coefficient (Wildman–Crippen LogP) is 1.73. The van der Waals surface area contributed by atoms with Crippen LogP contribution in [0.15, 0.2) is 23.2 Å². The lowest BCUT2D eigenvalue weighted by Gasteiger charge is -2.53. The molecular weight excluding hydrogens is 328 g/mol. The van der Waals surface area contributed by atoms with E-state index >= 15 is 0 Å². The van der Waals surface area contributed by atoms with E-state index in [0.29, 0.717) is 25.3 Å². The Hall–Kier alpha value is -2.51. The highest BCUT2D eigenvalue weighted by Gasteiger charge is 2.43. The van der Waals surface area contributed by atoms with Gasteiger partial charge in [-0.3, -0.25) is 4.99 Å². The summed E-state index contributed by atoms with van der Waals surface area (Å²) in [5, 5.41) is 6.97. The van der Waals surface area contributed by atoms with Crippen LogP contribution < -0.4 is 15.5 Å². The first-order valence-electron chi connectivity index (χ1n) is 9.21. The van der Waals surface area contributed by atoms with Crippen LogP contribution in [-0.2, 0) is 24.5 Å². The van der Waals surface area contributed by atoms with Crippen LogP contribution in [-0.4, -0.2) is 41.4 Å². The minimum absolute atomic E-state index is 0.512. The van der Waals surface area contributed by atoms with Gasteiger partial charge in [-0.25, -0.2) is 4.98 Å². The summed E-state index contributed by atoms with van der Waals surface area (Å²) in [6, 6.07) is 7.39. The van der Waals surface area contributed by atoms with Gasteiger partial charge < -0.3 is 20.3 Å². The Morgan fingerprint density at radius 1 is 1.15 bits per heavy atom. The fourth-order valence-corrected chi connectivity index (χ4v) is 4.38. The molecule has 1 aromatic carbocycles. The molecule has 1 aromatic heterocycles. The van der Waals surface area contributed by atoms with E-state index in [4.69, 9.17) is 14.7 Å². The molecule has 2 fully saturated rings. The second-order valence-electron chi connectivity index (χ2n) is 7.41. The Balaban J connectivity index is 1.37. The number of hydrogen-bond acceptors (Lipinski definition) is 7. The highest BCUT2D eigenvalue weighted by Crippen LogP contribution is 2.36. The number of aliphatic imine (C=N–C) groups is 1. The van der Waals surface area contributed by atoms with Crippen molar-refractivity contribution in [1.82, 2.24) is 15.3 Å². The molecule has 2 aromatic rings. The number of piperidine rings is 1. The van der Waals surface area contributed by atoms with Gasteiger partial charge in [0.15, 0.2) is 0 Å². The SMILES string of the molecule is C1=NCc2ccc(Nc3nc(N4C5CNCC4C5)nc4c3COC4)cc21. The minimum atomic E-state index is 0.512. The number of aromatic nitrogens is 2. The molecule has 2 N–H and O–H groups in total. The van der Waals surface area contributed by atoms with Crippen molar-refractivity contribution in [3.05, 3.63) is 40.6 Å². The predicted molar refractivity (Wildman–Crippen MR) is 99.1 cm³/mol. The molecular formula is C19H20N6O.